The summed E-state index contributed by atoms with van der Waals surface area (Å²) in [7, 11) is 0. The fourth-order valence-corrected chi connectivity index (χ4v) is 2.25. The fraction of sp³-hybridized carbons (Fsp3) is 0.842. The number of carboxylic acid groups (broad SMARTS) is 2. The molecule has 0 bridgehead atoms. The molecule has 0 fully saturated rings. The summed E-state index contributed by atoms with van der Waals surface area (Å²) in [6.45, 7) is 8.80. The highest BCUT2D eigenvalue weighted by atomic mass is 17.5. The monoisotopic (exact) mass is 456 g/mol. The SMILES string of the molecule is CCCCC(CC)COOOC(=O)OC(=O)OOOCC(CC)CCCC.O=C(O)O. The summed E-state index contributed by atoms with van der Waals surface area (Å²) in [5.41, 5.74) is 0. The Hall–Kier alpha value is -2.15. The number of unbranched alkanes of at least 4 members (excludes halogenated alkanes) is 2. The second-order valence-corrected chi connectivity index (χ2v) is 6.59. The molecule has 0 radical (unpaired) electrons. The molecular weight excluding hydrogens is 420 g/mol. The fourth-order valence-electron chi connectivity index (χ4n) is 2.25. The smallest absolute Gasteiger partial charge is 0.450 e. The van der Waals surface area contributed by atoms with Crippen LogP contribution in [-0.2, 0) is 34.4 Å². The van der Waals surface area contributed by atoms with Crippen molar-refractivity contribution in [2.75, 3.05) is 13.2 Å². The van der Waals surface area contributed by atoms with Gasteiger partial charge in [0.25, 0.3) is 0 Å². The van der Waals surface area contributed by atoms with Crippen LogP contribution in [0.15, 0.2) is 0 Å². The van der Waals surface area contributed by atoms with Gasteiger partial charge in [0.1, 0.15) is 0 Å². The Kier molecular flexibility index (Phi) is 22.6. The van der Waals surface area contributed by atoms with Gasteiger partial charge < -0.3 is 14.9 Å². The molecule has 0 aromatic rings. The molecule has 0 saturated carbocycles. The van der Waals surface area contributed by atoms with Crippen LogP contribution in [0.25, 0.3) is 0 Å². The lowest BCUT2D eigenvalue weighted by atomic mass is 10.0. The van der Waals surface area contributed by atoms with Gasteiger partial charge in [-0.1, -0.05) is 66.2 Å². The van der Waals surface area contributed by atoms with Gasteiger partial charge in [0.05, 0.1) is 13.2 Å². The number of hydrogen-bond donors (Lipinski definition) is 2. The first-order valence-corrected chi connectivity index (χ1v) is 10.4. The number of carbonyl (C=O) groups excluding carboxylic acids is 2. The molecule has 2 unspecified atom stereocenters. The van der Waals surface area contributed by atoms with E-state index in [9.17, 15) is 9.59 Å². The molecule has 0 aromatic carbocycles. The standard InChI is InChI=1S/C18H34O9.CH2O3/c1-5-9-11-15(7-3)13-21-26-24-17(19)23-18(20)25-27-22-14-16(8-4)12-10-6-2;2-1(3)4/h15-16H,5-14H2,1-4H3;(H2,2,3,4). The van der Waals surface area contributed by atoms with Crippen molar-refractivity contribution in [2.45, 2.75) is 79.1 Å². The van der Waals surface area contributed by atoms with E-state index in [2.05, 4.69) is 38.4 Å². The highest BCUT2D eigenvalue weighted by molar-refractivity contribution is 5.76. The first-order chi connectivity index (χ1) is 14.8. The van der Waals surface area contributed by atoms with Gasteiger partial charge in [-0.05, 0) is 34.8 Å². The predicted molar refractivity (Wildman–Crippen MR) is 105 cm³/mol. The van der Waals surface area contributed by atoms with Gasteiger partial charge in [0, 0.05) is 0 Å². The van der Waals surface area contributed by atoms with Crippen LogP contribution in [0.5, 0.6) is 0 Å². The van der Waals surface area contributed by atoms with E-state index in [1.807, 2.05) is 13.8 Å². The van der Waals surface area contributed by atoms with Gasteiger partial charge in [0.2, 0.25) is 0 Å². The molecule has 31 heavy (non-hydrogen) atoms. The number of rotatable bonds is 16. The van der Waals surface area contributed by atoms with E-state index < -0.39 is 18.5 Å². The lowest BCUT2D eigenvalue weighted by Crippen LogP contribution is -2.18. The molecule has 0 aliphatic carbocycles. The van der Waals surface area contributed by atoms with Crippen LogP contribution in [-0.4, -0.2) is 41.9 Å². The Bertz CT molecular complexity index is 419. The van der Waals surface area contributed by atoms with Crippen LogP contribution in [0.4, 0.5) is 14.4 Å². The van der Waals surface area contributed by atoms with Crippen molar-refractivity contribution in [2.24, 2.45) is 11.8 Å². The largest absolute Gasteiger partial charge is 0.553 e. The van der Waals surface area contributed by atoms with Crippen LogP contribution in [0.3, 0.4) is 0 Å². The van der Waals surface area contributed by atoms with E-state index >= 15 is 0 Å². The van der Waals surface area contributed by atoms with E-state index in [1.54, 1.807) is 0 Å². The molecule has 12 nitrogen and oxygen atoms in total. The molecule has 0 spiro atoms. The Morgan fingerprint density at radius 3 is 1.35 bits per heavy atom. The Balaban J connectivity index is 0. The van der Waals surface area contributed by atoms with Crippen LogP contribution in [0, 0.1) is 11.8 Å². The number of ether oxygens (including phenoxy) is 1. The minimum Gasteiger partial charge on any atom is -0.450 e. The van der Waals surface area contributed by atoms with Gasteiger partial charge in [0.15, 0.2) is 0 Å². The summed E-state index contributed by atoms with van der Waals surface area (Å²) in [5.74, 6) is 0.591. The van der Waals surface area contributed by atoms with E-state index in [0.29, 0.717) is 11.8 Å². The lowest BCUT2D eigenvalue weighted by molar-refractivity contribution is -0.496. The molecular formula is C19H36O12. The molecule has 2 N–H and O–H groups in total. The van der Waals surface area contributed by atoms with Gasteiger partial charge >= 0.3 is 18.5 Å². The molecule has 2 atom stereocenters. The Labute approximate surface area is 182 Å². The van der Waals surface area contributed by atoms with Crippen molar-refractivity contribution in [1.29, 1.82) is 0 Å². The molecule has 0 aliphatic heterocycles. The normalized spacial score (nSPS) is 12.1. The molecule has 0 saturated heterocycles. The lowest BCUT2D eigenvalue weighted by Gasteiger charge is -2.12. The first-order valence-electron chi connectivity index (χ1n) is 10.4. The van der Waals surface area contributed by atoms with Gasteiger partial charge in [-0.3, -0.25) is 0 Å². The second-order valence-electron chi connectivity index (χ2n) is 6.59. The first kappa shape index (κ1) is 31.0. The van der Waals surface area contributed by atoms with Crippen molar-refractivity contribution in [3.63, 3.8) is 0 Å². The van der Waals surface area contributed by atoms with Crippen LogP contribution >= 0.6 is 0 Å². The van der Waals surface area contributed by atoms with Crippen LogP contribution in [0.2, 0.25) is 0 Å². The van der Waals surface area contributed by atoms with E-state index in [-0.39, 0.29) is 13.2 Å². The average Bonchev–Trinajstić information content (AvgIpc) is 2.72. The zero-order valence-corrected chi connectivity index (χ0v) is 18.7. The maximum absolute atomic E-state index is 11.2. The molecule has 184 valence electrons. The molecule has 12 heteroatoms. The highest BCUT2D eigenvalue weighted by Crippen LogP contribution is 2.14. The second kappa shape index (κ2) is 22.5. The van der Waals surface area contributed by atoms with Crippen molar-refractivity contribution >= 4 is 18.5 Å². The number of carbonyl (C=O) groups is 3. The van der Waals surface area contributed by atoms with E-state index in [1.165, 1.54) is 0 Å². The van der Waals surface area contributed by atoms with Gasteiger partial charge in [-0.15, -0.1) is 0 Å². The van der Waals surface area contributed by atoms with E-state index in [4.69, 9.17) is 24.8 Å². The topological polar surface area (TPSA) is 156 Å². The third-order valence-electron chi connectivity index (χ3n) is 4.16. The molecule has 0 aliphatic rings. The maximum atomic E-state index is 11.2. The summed E-state index contributed by atoms with van der Waals surface area (Å²) in [5, 5.41) is 22.5. The van der Waals surface area contributed by atoms with Gasteiger partial charge in [-0.2, -0.15) is 19.4 Å². The summed E-state index contributed by atoms with van der Waals surface area (Å²) in [6.07, 6.45) is 3.41. The minimum atomic E-state index is -1.83. The Morgan fingerprint density at radius 2 is 1.06 bits per heavy atom. The average molecular weight is 456 g/mol. The zero-order valence-electron chi connectivity index (χ0n) is 18.7. The summed E-state index contributed by atoms with van der Waals surface area (Å²) < 4.78 is 4.11. The maximum Gasteiger partial charge on any atom is 0.553 e. The Morgan fingerprint density at radius 1 is 0.710 bits per heavy atom. The molecule has 0 amide bonds. The molecule has 0 rings (SSSR count). The molecule has 0 aromatic heterocycles. The van der Waals surface area contributed by atoms with Crippen molar-refractivity contribution in [1.82, 2.24) is 0 Å². The molecule has 0 heterocycles. The van der Waals surface area contributed by atoms with Crippen molar-refractivity contribution in [3.05, 3.63) is 0 Å². The van der Waals surface area contributed by atoms with Crippen LogP contribution < -0.4 is 0 Å². The van der Waals surface area contributed by atoms with Crippen molar-refractivity contribution in [3.8, 4) is 0 Å². The summed E-state index contributed by atoms with van der Waals surface area (Å²) in [4.78, 5) is 48.8. The number of hydrogen-bond acceptors (Lipinski definition) is 10. The highest BCUT2D eigenvalue weighted by Gasteiger charge is 2.17. The minimum absolute atomic E-state index is 0.266. The third-order valence-corrected chi connectivity index (χ3v) is 4.16. The van der Waals surface area contributed by atoms with Crippen LogP contribution in [0.1, 0.15) is 79.1 Å². The van der Waals surface area contributed by atoms with E-state index in [0.717, 1.165) is 51.4 Å². The summed E-state index contributed by atoms with van der Waals surface area (Å²) >= 11 is 0. The zero-order chi connectivity index (χ0) is 23.9. The predicted octanol–water partition coefficient (Wildman–Crippen LogP) is 5.66. The quantitative estimate of drug-likeness (QED) is 0.0967. The summed E-state index contributed by atoms with van der Waals surface area (Å²) in [6, 6.07) is 0. The van der Waals surface area contributed by atoms with Gasteiger partial charge in [-0.25, -0.2) is 14.6 Å². The van der Waals surface area contributed by atoms with Crippen molar-refractivity contribution < 1.29 is 59.0 Å². The third kappa shape index (κ3) is 24.0.